The van der Waals surface area contributed by atoms with Gasteiger partial charge in [-0.1, -0.05) is 65.8 Å². The van der Waals surface area contributed by atoms with E-state index in [9.17, 15) is 43.5 Å². The minimum atomic E-state index is -1.03. The highest BCUT2D eigenvalue weighted by molar-refractivity contribution is 8.76. The lowest BCUT2D eigenvalue weighted by Crippen LogP contribution is -2.52. The molecule has 19 nitrogen and oxygen atoms in total. The maximum atomic E-state index is 14.1. The average Bonchev–Trinajstić information content (AvgIpc) is 3.62. The van der Waals surface area contributed by atoms with Gasteiger partial charge in [-0.05, 0) is 56.7 Å². The number of allylic oxidation sites excluding steroid dienone is 4. The highest BCUT2D eigenvalue weighted by Crippen LogP contribution is 2.33. The molecule has 1 saturated heterocycles. The lowest BCUT2D eigenvalue weighted by Gasteiger charge is -2.30. The van der Waals surface area contributed by atoms with Crippen LogP contribution in [0.2, 0.25) is 0 Å². The highest BCUT2D eigenvalue weighted by atomic mass is 33.1. The van der Waals surface area contributed by atoms with Gasteiger partial charge in [0.15, 0.2) is 6.10 Å². The van der Waals surface area contributed by atoms with Crippen molar-refractivity contribution in [3.63, 3.8) is 0 Å². The number of imide groups is 1. The van der Waals surface area contributed by atoms with Gasteiger partial charge in [0.05, 0.1) is 23.6 Å². The summed E-state index contributed by atoms with van der Waals surface area (Å²) in [6.45, 7) is 7.32. The van der Waals surface area contributed by atoms with Crippen LogP contribution in [0.25, 0.3) is 0 Å². The summed E-state index contributed by atoms with van der Waals surface area (Å²) < 4.78 is 22.1. The first kappa shape index (κ1) is 52.2. The van der Waals surface area contributed by atoms with Crippen LogP contribution in [-0.2, 0) is 49.5 Å². The standard InChI is InChI=1S/C46H58N6O13S2/c1-24-19-29-38(48-15-17-66-67-18-16-64-46(61)50-31-11-8-10-28-30(31)23-52(44(28)59)33-13-14-37(54)51-43(33)58)34(53)22-32(40(29)56)49-42(57)25(2)9-7-12-35(62-5)41(65-45(47)60)27(4)21-26(3)39(55)36(20-24)63-6/h7-12,21-22,24,26,33,35-36,39,41,48,55H,13-20,23H2,1-6H3,(H2,47,60)(H,49,57)(H,50,61)(H,51,54,58)/b12-7-,25-9-,27-21-/t24-,26+,33-,35+,36+,39+,41+/m1/s1. The highest BCUT2D eigenvalue weighted by Gasteiger charge is 2.40. The van der Waals surface area contributed by atoms with E-state index in [0.717, 1.165) is 6.08 Å². The number of primary amides is 1. The van der Waals surface area contributed by atoms with E-state index in [1.165, 1.54) is 59.8 Å². The fourth-order valence-electron chi connectivity index (χ4n) is 8.13. The van der Waals surface area contributed by atoms with Crippen LogP contribution in [0.15, 0.2) is 76.7 Å². The number of methoxy groups -OCH3 is 2. The van der Waals surface area contributed by atoms with Crippen molar-refractivity contribution in [2.75, 3.05) is 44.2 Å². The third kappa shape index (κ3) is 13.7. The van der Waals surface area contributed by atoms with Crippen molar-refractivity contribution in [3.05, 3.63) is 87.8 Å². The summed E-state index contributed by atoms with van der Waals surface area (Å²) in [5.74, 6) is -2.84. The third-order valence-electron chi connectivity index (χ3n) is 11.6. The van der Waals surface area contributed by atoms with Crippen molar-refractivity contribution in [1.82, 2.24) is 20.9 Å². The Kier molecular flexibility index (Phi) is 19.0. The summed E-state index contributed by atoms with van der Waals surface area (Å²) in [7, 11) is 5.76. The molecular formula is C46H58N6O13S2. The minimum absolute atomic E-state index is 0.0570. The fraction of sp³-hybridized carbons (Fsp3) is 0.478. The van der Waals surface area contributed by atoms with Crippen LogP contribution in [-0.4, -0.2) is 127 Å². The van der Waals surface area contributed by atoms with E-state index in [0.29, 0.717) is 33.9 Å². The molecule has 67 heavy (non-hydrogen) atoms. The second-order valence-corrected chi connectivity index (χ2v) is 19.2. The van der Waals surface area contributed by atoms with Gasteiger partial charge in [0, 0.05) is 85.2 Å². The number of anilines is 1. The Morgan fingerprint density at radius 1 is 1.01 bits per heavy atom. The molecule has 362 valence electrons. The molecule has 0 saturated carbocycles. The van der Waals surface area contributed by atoms with Crippen LogP contribution in [0.1, 0.15) is 69.3 Å². The summed E-state index contributed by atoms with van der Waals surface area (Å²) in [5.41, 5.74) is 7.50. The van der Waals surface area contributed by atoms with Gasteiger partial charge < -0.3 is 45.3 Å². The quantitative estimate of drug-likeness (QED) is 0.0540. The predicted octanol–water partition coefficient (Wildman–Crippen LogP) is 3.74. The number of fused-ring (bicyclic) bond motifs is 3. The zero-order chi connectivity index (χ0) is 48.9. The second-order valence-electron chi connectivity index (χ2n) is 16.5. The van der Waals surface area contributed by atoms with Crippen LogP contribution in [0.5, 0.6) is 0 Å². The van der Waals surface area contributed by atoms with Crippen molar-refractivity contribution < 1.29 is 62.4 Å². The molecule has 6 amide bonds. The first-order valence-electron chi connectivity index (χ1n) is 21.7. The van der Waals surface area contributed by atoms with Crippen LogP contribution < -0.4 is 27.0 Å². The largest absolute Gasteiger partial charge is 0.448 e. The van der Waals surface area contributed by atoms with Gasteiger partial charge in [-0.25, -0.2) is 9.59 Å². The Bertz CT molecular complexity index is 2280. The van der Waals surface area contributed by atoms with Crippen molar-refractivity contribution >= 4 is 74.7 Å². The second kappa shape index (κ2) is 24.3. The molecule has 1 aliphatic carbocycles. The number of nitrogens with one attached hydrogen (secondary N) is 4. The number of aliphatic hydroxyl groups excluding tert-OH is 1. The molecule has 0 unspecified atom stereocenters. The number of nitrogens with two attached hydrogens (primary N) is 1. The molecule has 0 spiro atoms. The van der Waals surface area contributed by atoms with E-state index in [2.05, 4.69) is 21.3 Å². The number of hydrogen-bond donors (Lipinski definition) is 6. The molecule has 3 aliphatic heterocycles. The van der Waals surface area contributed by atoms with Gasteiger partial charge in [0.25, 0.3) is 11.8 Å². The zero-order valence-corrected chi connectivity index (χ0v) is 39.8. The fourth-order valence-corrected chi connectivity index (χ4v) is 9.86. The number of carbonyl (C=O) groups excluding carboxylic acids is 8. The number of ether oxygens (including phenoxy) is 4. The first-order chi connectivity index (χ1) is 31.9. The van der Waals surface area contributed by atoms with Crippen molar-refractivity contribution in [2.24, 2.45) is 17.6 Å². The van der Waals surface area contributed by atoms with E-state index in [-0.39, 0.29) is 85.7 Å². The molecule has 1 fully saturated rings. The predicted molar refractivity (Wildman–Crippen MR) is 250 cm³/mol. The van der Waals surface area contributed by atoms with E-state index >= 15 is 0 Å². The number of amides is 6. The topological polar surface area (TPSA) is 271 Å². The summed E-state index contributed by atoms with van der Waals surface area (Å²) in [4.78, 5) is 104. The minimum Gasteiger partial charge on any atom is -0.448 e. The number of aliphatic hydroxyl groups is 1. The smallest absolute Gasteiger partial charge is 0.411 e. The van der Waals surface area contributed by atoms with E-state index in [4.69, 9.17) is 24.7 Å². The molecule has 4 aliphatic rings. The van der Waals surface area contributed by atoms with Crippen LogP contribution in [0.3, 0.4) is 0 Å². The maximum Gasteiger partial charge on any atom is 0.411 e. The Hall–Kier alpha value is -5.74. The van der Waals surface area contributed by atoms with Crippen molar-refractivity contribution in [3.8, 4) is 0 Å². The molecule has 1 aromatic carbocycles. The number of benzene rings is 1. The molecule has 7 atom stereocenters. The molecule has 2 bridgehead atoms. The van der Waals surface area contributed by atoms with Gasteiger partial charge in [0.1, 0.15) is 18.8 Å². The maximum absolute atomic E-state index is 14.1. The molecule has 21 heteroatoms. The number of nitrogens with zero attached hydrogens (tertiary/aromatic N) is 1. The number of piperidine rings is 1. The van der Waals surface area contributed by atoms with E-state index < -0.39 is 71.9 Å². The summed E-state index contributed by atoms with van der Waals surface area (Å²) in [6, 6.07) is 4.08. The van der Waals surface area contributed by atoms with Crippen LogP contribution >= 0.6 is 21.6 Å². The van der Waals surface area contributed by atoms with Gasteiger partial charge in [-0.2, -0.15) is 0 Å². The van der Waals surface area contributed by atoms with Gasteiger partial charge in [0.2, 0.25) is 23.4 Å². The lowest BCUT2D eigenvalue weighted by molar-refractivity contribution is -0.137. The number of carbonyl (C=O) groups is 8. The SMILES string of the molecule is CO[C@H]1/C=C\C=C(\C)C(=O)NC2=CC(=O)C(NCCSSCCOC(=O)Nc3cccc4c3CN([C@@H]3CCC(=O)NC3=O)C4=O)=C(C[C@@H](C)C[C@H](OC)[C@@H](O)[C@@H](C)/C=C(/C)[C@@H]1OC(N)=O)C2=O. The molecule has 0 radical (unpaired) electrons. The summed E-state index contributed by atoms with van der Waals surface area (Å²) >= 11 is 0. The first-order valence-corrected chi connectivity index (χ1v) is 24.2. The Morgan fingerprint density at radius 2 is 1.76 bits per heavy atom. The Morgan fingerprint density at radius 3 is 2.46 bits per heavy atom. The summed E-state index contributed by atoms with van der Waals surface area (Å²) in [5, 5.41) is 22.1. The third-order valence-corrected chi connectivity index (χ3v) is 14.0. The lowest BCUT2D eigenvalue weighted by atomic mass is 9.85. The normalized spacial score (nSPS) is 27.4. The van der Waals surface area contributed by atoms with Gasteiger partial charge >= 0.3 is 12.2 Å². The van der Waals surface area contributed by atoms with Crippen LogP contribution in [0, 0.1) is 11.8 Å². The monoisotopic (exact) mass is 966 g/mol. The van der Waals surface area contributed by atoms with E-state index in [1.54, 1.807) is 44.2 Å². The number of Topliss-reactive ketones (excluding diaryl/α,β-unsaturated/α-hetero) is 1. The Balaban J connectivity index is 1.19. The van der Waals surface area contributed by atoms with Crippen molar-refractivity contribution in [1.29, 1.82) is 0 Å². The summed E-state index contributed by atoms with van der Waals surface area (Å²) in [6.07, 6.45) is 2.86. The molecule has 7 N–H and O–H groups in total. The van der Waals surface area contributed by atoms with E-state index in [1.807, 2.05) is 6.92 Å². The zero-order valence-electron chi connectivity index (χ0n) is 38.2. The van der Waals surface area contributed by atoms with Gasteiger partial charge in [-0.15, -0.1) is 0 Å². The molecule has 0 aromatic heterocycles. The molecular weight excluding hydrogens is 909 g/mol. The number of hydrogen-bond acceptors (Lipinski definition) is 16. The number of rotatable bonds is 13. The van der Waals surface area contributed by atoms with Crippen LogP contribution in [0.4, 0.5) is 15.3 Å². The van der Waals surface area contributed by atoms with Crippen molar-refractivity contribution in [2.45, 2.75) is 90.4 Å². The molecule has 3 heterocycles. The molecule has 1 aromatic rings. The number of ketones is 2. The Labute approximate surface area is 396 Å². The van der Waals surface area contributed by atoms with Gasteiger partial charge in [-0.3, -0.25) is 39.4 Å². The average molecular weight is 967 g/mol. The molecule has 5 rings (SSSR count).